The summed E-state index contributed by atoms with van der Waals surface area (Å²) >= 11 is 0. The first-order chi connectivity index (χ1) is 36.4. The Hall–Kier alpha value is -3.89. The fraction of sp³-hybridized carbons (Fsp3) is 0.611. The molecule has 0 saturated heterocycles. The van der Waals surface area contributed by atoms with Crippen LogP contribution in [0.3, 0.4) is 0 Å². The van der Waals surface area contributed by atoms with Crippen LogP contribution in [0.25, 0.3) is 0 Å². The molecule has 4 aromatic carbocycles. The SMILES string of the molecule is CC(C)(C)c1cc(C=NC2CCCCC2N=Cc2cc(C(C)(C)C)cc(C(C)(C)C)c2O)c(O)c(C(C)(C)C)c1.CC(C)(C)c1cc(C=N[C@@H]2CCCC[C@H]2N=Cc2cc(C(C)(C)C)cc(C(C)(C)C)c2O)c(O)c(C(C)(C)C)c1.O.O.[Ti].[Ti]. The van der Waals surface area contributed by atoms with E-state index < -0.39 is 0 Å². The van der Waals surface area contributed by atoms with E-state index in [-0.39, 0.29) is 122 Å². The Morgan fingerprint density at radius 1 is 0.286 bits per heavy atom. The second-order valence-corrected chi connectivity index (χ2v) is 31.8. The minimum atomic E-state index is -0.179. The van der Waals surface area contributed by atoms with Crippen LogP contribution in [0.5, 0.6) is 23.0 Å². The van der Waals surface area contributed by atoms with Crippen LogP contribution in [0.15, 0.2) is 68.5 Å². The van der Waals surface area contributed by atoms with Crippen LogP contribution in [0.2, 0.25) is 0 Å². The zero-order valence-corrected chi connectivity index (χ0v) is 59.6. The van der Waals surface area contributed by atoms with Crippen molar-refractivity contribution >= 4 is 24.9 Å². The molecule has 10 nitrogen and oxygen atoms in total. The largest absolute Gasteiger partial charge is 0.507 e. The number of phenolic OH excluding ortho intramolecular Hbond substituents is 4. The summed E-state index contributed by atoms with van der Waals surface area (Å²) in [5.41, 5.74) is 10.8. The molecule has 2 aliphatic carbocycles. The van der Waals surface area contributed by atoms with Crippen molar-refractivity contribution in [3.05, 3.63) is 115 Å². The van der Waals surface area contributed by atoms with Crippen molar-refractivity contribution in [2.24, 2.45) is 20.0 Å². The van der Waals surface area contributed by atoms with Crippen LogP contribution in [-0.4, -0.2) is 80.4 Å². The van der Waals surface area contributed by atoms with Gasteiger partial charge in [-0.3, -0.25) is 20.0 Å². The summed E-state index contributed by atoms with van der Waals surface area (Å²) in [5.74, 6) is 1.27. The van der Waals surface area contributed by atoms with Crippen molar-refractivity contribution in [3.8, 4) is 23.0 Å². The topological polar surface area (TPSA) is 193 Å². The molecular weight excluding hydrogens is 1110 g/mol. The summed E-state index contributed by atoms with van der Waals surface area (Å²) in [6.45, 7) is 52.1. The standard InChI is InChI=1S/2C36H54N2O2.2H2O.2Ti/c2*1-33(2,3)25-17-23(31(39)27(19-25)35(7,8)9)21-37-29-15-13-14-16-30(29)38-22-24-18-26(34(4,5)6)20-28(32(24)40)36(10,11)12;;;;/h2*17-22,29-30,39-40H,13-16H2,1-12H3;2*1H2;;/t29-,30-;;;;;/m1...../s1. The number of phenols is 4. The van der Waals surface area contributed by atoms with Gasteiger partial charge in [0.15, 0.2) is 0 Å². The molecule has 0 aliphatic heterocycles. The average molecular weight is 1230 g/mol. The average Bonchev–Trinajstić information content (AvgIpc) is 3.30. The molecule has 0 amide bonds. The van der Waals surface area contributed by atoms with Crippen molar-refractivity contribution in [2.75, 3.05) is 0 Å². The van der Waals surface area contributed by atoms with Gasteiger partial charge in [-0.05, 0) is 116 Å². The Morgan fingerprint density at radius 2 is 0.440 bits per heavy atom. The molecule has 464 valence electrons. The van der Waals surface area contributed by atoms with Crippen LogP contribution in [0.1, 0.15) is 284 Å². The molecule has 2 saturated carbocycles. The zero-order chi connectivity index (χ0) is 60.5. The molecule has 4 aromatic rings. The minimum Gasteiger partial charge on any atom is -0.507 e. The van der Waals surface area contributed by atoms with Gasteiger partial charge in [-0.2, -0.15) is 0 Å². The third kappa shape index (κ3) is 20.6. The van der Waals surface area contributed by atoms with Crippen molar-refractivity contribution in [1.29, 1.82) is 0 Å². The fourth-order valence-electron chi connectivity index (χ4n) is 10.6. The Balaban J connectivity index is 0.000000802. The molecule has 0 bridgehead atoms. The van der Waals surface area contributed by atoms with E-state index >= 15 is 0 Å². The first-order valence-electron chi connectivity index (χ1n) is 30.0. The molecule has 8 N–H and O–H groups in total. The van der Waals surface area contributed by atoms with E-state index in [1.165, 1.54) is 22.3 Å². The van der Waals surface area contributed by atoms with Crippen LogP contribution in [0, 0.1) is 0 Å². The summed E-state index contributed by atoms with van der Waals surface area (Å²) in [6, 6.07) is 17.1. The molecule has 84 heavy (non-hydrogen) atoms. The summed E-state index contributed by atoms with van der Waals surface area (Å²) < 4.78 is 0. The van der Waals surface area contributed by atoms with E-state index in [2.05, 4.69) is 215 Å². The molecule has 2 fully saturated rings. The van der Waals surface area contributed by atoms with E-state index in [1.54, 1.807) is 0 Å². The smallest absolute Gasteiger partial charge is 0.128 e. The van der Waals surface area contributed by atoms with Crippen LogP contribution < -0.4 is 0 Å². The maximum atomic E-state index is 11.2. The van der Waals surface area contributed by atoms with E-state index in [4.69, 9.17) is 20.0 Å². The first-order valence-corrected chi connectivity index (χ1v) is 30.0. The third-order valence-corrected chi connectivity index (χ3v) is 16.3. The molecule has 2 aliphatic rings. The predicted molar refractivity (Wildman–Crippen MR) is 352 cm³/mol. The Morgan fingerprint density at radius 3 is 0.571 bits per heavy atom. The summed E-state index contributed by atoms with van der Waals surface area (Å²) in [4.78, 5) is 20.1. The first kappa shape index (κ1) is 78.1. The van der Waals surface area contributed by atoms with Gasteiger partial charge in [-0.25, -0.2) is 0 Å². The quantitative estimate of drug-likeness (QED) is 0.101. The number of hydrogen-bond donors (Lipinski definition) is 4. The van der Waals surface area contributed by atoms with Gasteiger partial charge in [0.2, 0.25) is 0 Å². The Bertz CT molecular complexity index is 2540. The van der Waals surface area contributed by atoms with Gasteiger partial charge in [0.1, 0.15) is 23.0 Å². The van der Waals surface area contributed by atoms with Crippen LogP contribution in [0.4, 0.5) is 0 Å². The molecule has 2 unspecified atom stereocenters. The normalized spacial score (nSPS) is 18.7. The second kappa shape index (κ2) is 29.4. The third-order valence-electron chi connectivity index (χ3n) is 16.3. The van der Waals surface area contributed by atoms with Gasteiger partial charge in [0.05, 0.1) is 24.2 Å². The molecule has 0 aromatic heterocycles. The maximum Gasteiger partial charge on any atom is 0.128 e. The number of benzene rings is 4. The number of aromatic hydroxyl groups is 4. The van der Waals surface area contributed by atoms with Gasteiger partial charge in [0, 0.05) is 113 Å². The molecule has 0 heterocycles. The predicted octanol–water partition coefficient (Wildman–Crippen LogP) is 16.6. The van der Waals surface area contributed by atoms with E-state index in [9.17, 15) is 20.4 Å². The molecule has 6 rings (SSSR count). The number of hydrogen-bond acceptors (Lipinski definition) is 8. The van der Waals surface area contributed by atoms with Gasteiger partial charge in [-0.1, -0.05) is 216 Å². The van der Waals surface area contributed by atoms with Gasteiger partial charge >= 0.3 is 0 Å². The Labute approximate surface area is 539 Å². The summed E-state index contributed by atoms with van der Waals surface area (Å²) in [6.07, 6.45) is 15.8. The van der Waals surface area contributed by atoms with Gasteiger partial charge in [-0.15, -0.1) is 0 Å². The monoisotopic (exact) mass is 1220 g/mol. The fourth-order valence-corrected chi connectivity index (χ4v) is 10.6. The van der Waals surface area contributed by atoms with E-state index in [0.29, 0.717) is 23.0 Å². The van der Waals surface area contributed by atoms with Crippen LogP contribution >= 0.6 is 0 Å². The van der Waals surface area contributed by atoms with Crippen molar-refractivity contribution in [2.45, 2.75) is 285 Å². The minimum absolute atomic E-state index is 0. The molecular formula is C72H112N4O6Ti2. The maximum absolute atomic E-state index is 11.2. The van der Waals surface area contributed by atoms with Crippen molar-refractivity contribution in [1.82, 2.24) is 0 Å². The Kier molecular flexibility index (Phi) is 27.3. The number of aliphatic imine (C=N–C) groups is 4. The van der Waals surface area contributed by atoms with Gasteiger partial charge < -0.3 is 31.4 Å². The van der Waals surface area contributed by atoms with Crippen molar-refractivity contribution in [3.63, 3.8) is 0 Å². The van der Waals surface area contributed by atoms with E-state index in [1.807, 2.05) is 24.9 Å². The van der Waals surface area contributed by atoms with Crippen molar-refractivity contribution < 1.29 is 74.8 Å². The zero-order valence-electron chi connectivity index (χ0n) is 56.5. The second-order valence-electron chi connectivity index (χ2n) is 31.8. The van der Waals surface area contributed by atoms with E-state index in [0.717, 1.165) is 95.9 Å². The number of rotatable bonds is 8. The molecule has 12 heteroatoms. The van der Waals surface area contributed by atoms with Crippen LogP contribution in [-0.2, 0) is 86.8 Å². The summed E-state index contributed by atoms with van der Waals surface area (Å²) in [5, 5.41) is 44.9. The van der Waals surface area contributed by atoms with Gasteiger partial charge in [0.25, 0.3) is 0 Å². The number of nitrogens with zero attached hydrogens (tertiary/aromatic N) is 4. The molecule has 4 atom stereocenters. The molecule has 0 radical (unpaired) electrons. The summed E-state index contributed by atoms with van der Waals surface area (Å²) in [7, 11) is 0. The molecule has 0 spiro atoms.